The normalized spacial score (nSPS) is 15.3. The molecule has 0 unspecified atom stereocenters. The summed E-state index contributed by atoms with van der Waals surface area (Å²) >= 11 is 0. The van der Waals surface area contributed by atoms with Crippen LogP contribution in [0.3, 0.4) is 0 Å². The number of rotatable bonds is 5. The Hall–Kier alpha value is -2.44. The van der Waals surface area contributed by atoms with E-state index in [0.29, 0.717) is 11.8 Å². The maximum Gasteiger partial charge on any atom is 0.252 e. The largest absolute Gasteiger partial charge is 0.310 e. The smallest absolute Gasteiger partial charge is 0.252 e. The highest BCUT2D eigenvalue weighted by Crippen LogP contribution is 2.25. The Balaban J connectivity index is 1.88. The van der Waals surface area contributed by atoms with Gasteiger partial charge in [-0.25, -0.2) is 4.98 Å². The number of H-pyrrole nitrogens is 1. The summed E-state index contributed by atoms with van der Waals surface area (Å²) in [6.07, 6.45) is 6.89. The number of nitrogens with one attached hydrogen (secondary N) is 2. The molecule has 0 saturated heterocycles. The van der Waals surface area contributed by atoms with Gasteiger partial charge in [-0.05, 0) is 26.2 Å². The summed E-state index contributed by atoms with van der Waals surface area (Å²) < 4.78 is 1.51. The number of aryl methyl sites for hydroxylation is 2. The molecule has 0 atom stereocenters. The van der Waals surface area contributed by atoms with Gasteiger partial charge in [0.15, 0.2) is 0 Å². The van der Waals surface area contributed by atoms with Crippen LogP contribution < -0.4 is 10.9 Å². The maximum absolute atomic E-state index is 12.6. The molecule has 1 fully saturated rings. The van der Waals surface area contributed by atoms with Crippen molar-refractivity contribution in [2.24, 2.45) is 5.92 Å². The predicted molar refractivity (Wildman–Crippen MR) is 95.9 cm³/mol. The van der Waals surface area contributed by atoms with Crippen molar-refractivity contribution in [2.45, 2.75) is 58.8 Å². The first kappa shape index (κ1) is 17.4. The topological polar surface area (TPSA) is 92.7 Å². The molecule has 7 heteroatoms. The van der Waals surface area contributed by atoms with E-state index in [-0.39, 0.29) is 17.4 Å². The monoisotopic (exact) mass is 343 g/mol. The quantitative estimate of drug-likeness (QED) is 0.873. The minimum absolute atomic E-state index is 0.0212. The van der Waals surface area contributed by atoms with Gasteiger partial charge in [-0.3, -0.25) is 14.6 Å². The fourth-order valence-corrected chi connectivity index (χ4v) is 3.32. The highest BCUT2D eigenvalue weighted by molar-refractivity contribution is 5.92. The highest BCUT2D eigenvalue weighted by atomic mass is 16.2. The van der Waals surface area contributed by atoms with Crippen molar-refractivity contribution in [1.82, 2.24) is 19.7 Å². The fourth-order valence-electron chi connectivity index (χ4n) is 3.32. The van der Waals surface area contributed by atoms with Crippen LogP contribution in [0, 0.1) is 12.8 Å². The number of hydrogen-bond acceptors (Lipinski definition) is 4. The van der Waals surface area contributed by atoms with E-state index in [1.54, 1.807) is 6.07 Å². The van der Waals surface area contributed by atoms with Gasteiger partial charge in [-0.2, -0.15) is 9.78 Å². The Morgan fingerprint density at radius 3 is 2.80 bits per heavy atom. The van der Waals surface area contributed by atoms with Crippen LogP contribution in [0.25, 0.3) is 5.95 Å². The van der Waals surface area contributed by atoms with Crippen molar-refractivity contribution < 1.29 is 4.79 Å². The molecule has 0 radical (unpaired) electrons. The van der Waals surface area contributed by atoms with Crippen LogP contribution in [0.15, 0.2) is 16.9 Å². The van der Waals surface area contributed by atoms with Crippen molar-refractivity contribution in [3.8, 4) is 5.95 Å². The summed E-state index contributed by atoms with van der Waals surface area (Å²) in [5, 5.41) is 7.36. The van der Waals surface area contributed by atoms with Gasteiger partial charge in [-0.1, -0.05) is 32.6 Å². The predicted octanol–water partition coefficient (Wildman–Crippen LogP) is 2.74. The number of amides is 1. The molecule has 0 spiro atoms. The van der Waals surface area contributed by atoms with Gasteiger partial charge in [0.1, 0.15) is 5.82 Å². The lowest BCUT2D eigenvalue weighted by Crippen LogP contribution is -2.26. The van der Waals surface area contributed by atoms with E-state index in [9.17, 15) is 9.59 Å². The summed E-state index contributed by atoms with van der Waals surface area (Å²) in [7, 11) is 0. The van der Waals surface area contributed by atoms with Crippen LogP contribution in [-0.4, -0.2) is 25.7 Å². The fraction of sp³-hybridized carbons (Fsp3) is 0.556. The molecule has 3 rings (SSSR count). The number of nitrogens with zero attached hydrogens (tertiary/aromatic N) is 3. The van der Waals surface area contributed by atoms with E-state index >= 15 is 0 Å². The molecule has 7 nitrogen and oxygen atoms in total. The van der Waals surface area contributed by atoms with E-state index in [0.717, 1.165) is 49.9 Å². The summed E-state index contributed by atoms with van der Waals surface area (Å²) in [5.41, 5.74) is 1.26. The maximum atomic E-state index is 12.6. The molecule has 1 amide bonds. The second-order valence-corrected chi connectivity index (χ2v) is 6.72. The molecule has 0 bridgehead atoms. The molecule has 2 aromatic rings. The van der Waals surface area contributed by atoms with Crippen LogP contribution >= 0.6 is 0 Å². The first-order valence-corrected chi connectivity index (χ1v) is 9.05. The Morgan fingerprint density at radius 1 is 1.32 bits per heavy atom. The molecular formula is C18H25N5O2. The van der Waals surface area contributed by atoms with E-state index in [4.69, 9.17) is 0 Å². The second kappa shape index (κ2) is 7.63. The molecule has 0 aliphatic heterocycles. The molecule has 1 aliphatic rings. The van der Waals surface area contributed by atoms with E-state index in [2.05, 4.69) is 20.4 Å². The van der Waals surface area contributed by atoms with E-state index in [1.807, 2.05) is 13.8 Å². The van der Waals surface area contributed by atoms with Gasteiger partial charge in [-0.15, -0.1) is 0 Å². The molecule has 0 aromatic carbocycles. The molecule has 2 N–H and O–H groups in total. The number of aromatic nitrogens is 4. The third kappa shape index (κ3) is 4.15. The Bertz CT molecular complexity index is 802. The third-order valence-corrected chi connectivity index (χ3v) is 4.55. The molecule has 1 aliphatic carbocycles. The number of hydrogen-bond donors (Lipinski definition) is 2. The highest BCUT2D eigenvalue weighted by Gasteiger charge is 2.23. The van der Waals surface area contributed by atoms with E-state index in [1.165, 1.54) is 17.2 Å². The SMILES string of the molecule is CCCc1cc(=O)[nH]c(-n2nc(C)cc2NC(=O)C2CCCCC2)n1. The zero-order valence-electron chi connectivity index (χ0n) is 14.8. The van der Waals surface area contributed by atoms with Gasteiger partial charge in [0.2, 0.25) is 11.9 Å². The van der Waals surface area contributed by atoms with Gasteiger partial charge < -0.3 is 5.32 Å². The number of carbonyl (C=O) groups is 1. The van der Waals surface area contributed by atoms with Gasteiger partial charge in [0, 0.05) is 23.7 Å². The number of anilines is 1. The van der Waals surface area contributed by atoms with Crippen LogP contribution in [0.1, 0.15) is 56.8 Å². The molecule has 1 saturated carbocycles. The number of aromatic amines is 1. The van der Waals surface area contributed by atoms with Gasteiger partial charge >= 0.3 is 0 Å². The summed E-state index contributed by atoms with van der Waals surface area (Å²) in [6.45, 7) is 3.89. The van der Waals surface area contributed by atoms with Crippen molar-refractivity contribution in [1.29, 1.82) is 0 Å². The first-order valence-electron chi connectivity index (χ1n) is 9.05. The van der Waals surface area contributed by atoms with E-state index < -0.39 is 0 Å². The van der Waals surface area contributed by atoms with Crippen molar-refractivity contribution in [3.05, 3.63) is 33.9 Å². The average Bonchev–Trinajstić information content (AvgIpc) is 2.96. The minimum Gasteiger partial charge on any atom is -0.310 e. The Morgan fingerprint density at radius 2 is 2.08 bits per heavy atom. The van der Waals surface area contributed by atoms with Crippen LogP contribution in [-0.2, 0) is 11.2 Å². The zero-order chi connectivity index (χ0) is 17.8. The lowest BCUT2D eigenvalue weighted by molar-refractivity contribution is -0.120. The lowest BCUT2D eigenvalue weighted by Gasteiger charge is -2.20. The van der Waals surface area contributed by atoms with Gasteiger partial charge in [0.05, 0.1) is 5.69 Å². The van der Waals surface area contributed by atoms with Gasteiger partial charge in [0.25, 0.3) is 5.56 Å². The molecule has 134 valence electrons. The molecular weight excluding hydrogens is 318 g/mol. The van der Waals surface area contributed by atoms with Crippen LogP contribution in [0.4, 0.5) is 5.82 Å². The summed E-state index contributed by atoms with van der Waals surface area (Å²) in [5.74, 6) is 0.955. The minimum atomic E-state index is -0.217. The average molecular weight is 343 g/mol. The van der Waals surface area contributed by atoms with Crippen LogP contribution in [0.5, 0.6) is 0 Å². The van der Waals surface area contributed by atoms with Crippen molar-refractivity contribution >= 4 is 11.7 Å². The second-order valence-electron chi connectivity index (χ2n) is 6.72. The van der Waals surface area contributed by atoms with Crippen molar-refractivity contribution in [2.75, 3.05) is 5.32 Å². The Kier molecular flexibility index (Phi) is 5.31. The lowest BCUT2D eigenvalue weighted by atomic mass is 9.89. The molecule has 2 aromatic heterocycles. The number of carbonyl (C=O) groups excluding carboxylic acids is 1. The molecule has 25 heavy (non-hydrogen) atoms. The Labute approximate surface area is 146 Å². The zero-order valence-corrected chi connectivity index (χ0v) is 14.8. The molecule has 2 heterocycles. The standard InChI is InChI=1S/C18H25N5O2/c1-3-7-14-11-16(24)21-18(19-14)23-15(10-12(2)22-23)20-17(25)13-8-5-4-6-9-13/h10-11,13H,3-9H2,1-2H3,(H,20,25)(H,19,21,24). The summed E-state index contributed by atoms with van der Waals surface area (Å²) in [6, 6.07) is 3.30. The van der Waals surface area contributed by atoms with Crippen LogP contribution in [0.2, 0.25) is 0 Å². The third-order valence-electron chi connectivity index (χ3n) is 4.55. The first-order chi connectivity index (χ1) is 12.1. The summed E-state index contributed by atoms with van der Waals surface area (Å²) in [4.78, 5) is 31.7. The van der Waals surface area contributed by atoms with Crippen molar-refractivity contribution in [3.63, 3.8) is 0 Å².